The molecule has 2 fully saturated rings. The van der Waals surface area contributed by atoms with Crippen molar-refractivity contribution in [1.82, 2.24) is 4.90 Å². The Morgan fingerprint density at radius 1 is 1.50 bits per heavy atom. The molecule has 0 radical (unpaired) electrons. The van der Waals surface area contributed by atoms with Crippen LogP contribution in [0.2, 0.25) is 0 Å². The zero-order chi connectivity index (χ0) is 13.3. The summed E-state index contributed by atoms with van der Waals surface area (Å²) < 4.78 is 23.0. The van der Waals surface area contributed by atoms with Gasteiger partial charge >= 0.3 is 0 Å². The van der Waals surface area contributed by atoms with Crippen molar-refractivity contribution in [3.63, 3.8) is 0 Å². The summed E-state index contributed by atoms with van der Waals surface area (Å²) in [7, 11) is -1.08. The van der Waals surface area contributed by atoms with Gasteiger partial charge in [-0.2, -0.15) is 4.99 Å². The van der Waals surface area contributed by atoms with Crippen LogP contribution in [0.3, 0.4) is 0 Å². The van der Waals surface area contributed by atoms with Crippen LogP contribution >= 0.6 is 11.8 Å². The fourth-order valence-corrected chi connectivity index (χ4v) is 6.24. The average Bonchev–Trinajstić information content (AvgIpc) is 2.71. The number of nitrogens with zero attached hydrogens (tertiary/aromatic N) is 2. The number of amides is 1. The van der Waals surface area contributed by atoms with Gasteiger partial charge in [-0.15, -0.1) is 0 Å². The Kier molecular flexibility index (Phi) is 4.01. The van der Waals surface area contributed by atoms with E-state index in [0.717, 1.165) is 12.8 Å². The second-order valence-electron chi connectivity index (χ2n) is 4.80. The Morgan fingerprint density at radius 2 is 2.22 bits per heavy atom. The molecule has 0 spiro atoms. The molecule has 2 aliphatic heterocycles. The lowest BCUT2D eigenvalue weighted by atomic mass is 10.2. The zero-order valence-electron chi connectivity index (χ0n) is 10.6. The monoisotopic (exact) mass is 290 g/mol. The highest BCUT2D eigenvalue weighted by Crippen LogP contribution is 2.36. The van der Waals surface area contributed by atoms with Crippen molar-refractivity contribution in [1.29, 1.82) is 0 Å². The number of aliphatic imine (C=N–C) groups is 1. The minimum absolute atomic E-state index is 0.0160. The van der Waals surface area contributed by atoms with Crippen LogP contribution in [0.1, 0.15) is 26.2 Å². The van der Waals surface area contributed by atoms with E-state index in [1.165, 1.54) is 11.8 Å². The number of sulfone groups is 1. The van der Waals surface area contributed by atoms with E-state index in [1.807, 2.05) is 18.9 Å². The number of carbonyl (C=O) groups excluding carboxylic acids is 1. The molecule has 2 aliphatic rings. The summed E-state index contributed by atoms with van der Waals surface area (Å²) in [5.41, 5.74) is 0. The van der Waals surface area contributed by atoms with Gasteiger partial charge in [-0.1, -0.05) is 25.1 Å². The molecule has 7 heteroatoms. The molecule has 0 aromatic heterocycles. The second kappa shape index (κ2) is 5.21. The molecule has 0 bridgehead atoms. The summed E-state index contributed by atoms with van der Waals surface area (Å²) in [4.78, 5) is 17.6. The summed E-state index contributed by atoms with van der Waals surface area (Å²) in [5, 5.41) is 0.721. The lowest BCUT2D eigenvalue weighted by Gasteiger charge is -2.17. The first-order valence-electron chi connectivity index (χ1n) is 6.14. The number of fused-ring (bicyclic) bond motifs is 1. The molecular formula is C11H18N2O3S2. The van der Waals surface area contributed by atoms with Crippen molar-refractivity contribution in [3.8, 4) is 0 Å². The molecule has 0 unspecified atom stereocenters. The maximum atomic E-state index is 11.6. The fraction of sp³-hybridized carbons (Fsp3) is 0.818. The summed E-state index contributed by atoms with van der Waals surface area (Å²) in [6.45, 7) is 2.03. The zero-order valence-corrected chi connectivity index (χ0v) is 12.3. The van der Waals surface area contributed by atoms with Crippen LogP contribution in [0.15, 0.2) is 4.99 Å². The van der Waals surface area contributed by atoms with Crippen molar-refractivity contribution >= 4 is 32.7 Å². The molecule has 102 valence electrons. The number of amidine groups is 1. The van der Waals surface area contributed by atoms with Gasteiger partial charge < -0.3 is 4.90 Å². The van der Waals surface area contributed by atoms with Crippen molar-refractivity contribution in [3.05, 3.63) is 0 Å². The average molecular weight is 290 g/mol. The van der Waals surface area contributed by atoms with Crippen LogP contribution in [0.4, 0.5) is 0 Å². The normalized spacial score (nSPS) is 31.9. The predicted molar refractivity (Wildman–Crippen MR) is 73.6 cm³/mol. The van der Waals surface area contributed by atoms with Crippen LogP contribution in [0.5, 0.6) is 0 Å². The van der Waals surface area contributed by atoms with E-state index in [1.54, 1.807) is 0 Å². The van der Waals surface area contributed by atoms with Crippen molar-refractivity contribution < 1.29 is 13.2 Å². The number of unbranched alkanes of at least 4 members (excludes halogenated alkanes) is 1. The Labute approximate surface area is 112 Å². The van der Waals surface area contributed by atoms with Gasteiger partial charge in [0.25, 0.3) is 0 Å². The van der Waals surface area contributed by atoms with Gasteiger partial charge in [0.05, 0.1) is 17.5 Å². The van der Waals surface area contributed by atoms with E-state index in [4.69, 9.17) is 0 Å². The first-order chi connectivity index (χ1) is 8.43. The van der Waals surface area contributed by atoms with Crippen LogP contribution < -0.4 is 0 Å². The molecule has 1 amide bonds. The first-order valence-corrected chi connectivity index (χ1v) is 8.84. The molecule has 2 atom stereocenters. The maximum Gasteiger partial charge on any atom is 0.248 e. The van der Waals surface area contributed by atoms with Gasteiger partial charge in [0.15, 0.2) is 15.0 Å². The highest BCUT2D eigenvalue weighted by Gasteiger charge is 2.47. The summed E-state index contributed by atoms with van der Waals surface area (Å²) in [6, 6.07) is -0.0160. The van der Waals surface area contributed by atoms with Gasteiger partial charge in [-0.05, 0) is 6.42 Å². The number of hydrogen-bond acceptors (Lipinski definition) is 4. The van der Waals surface area contributed by atoms with E-state index >= 15 is 0 Å². The summed E-state index contributed by atoms with van der Waals surface area (Å²) in [6.07, 6.45) is 2.30. The molecule has 2 rings (SSSR count). The molecule has 18 heavy (non-hydrogen) atoms. The summed E-state index contributed by atoms with van der Waals surface area (Å²) in [5.74, 6) is 0.284. The van der Waals surface area contributed by atoms with Gasteiger partial charge in [0.1, 0.15) is 0 Å². The highest BCUT2D eigenvalue weighted by molar-refractivity contribution is 8.15. The first kappa shape index (κ1) is 13.9. The van der Waals surface area contributed by atoms with E-state index in [0.29, 0.717) is 11.6 Å². The number of carbonyl (C=O) groups is 1. The lowest BCUT2D eigenvalue weighted by molar-refractivity contribution is -0.117. The molecule has 0 aromatic rings. The third-order valence-electron chi connectivity index (χ3n) is 3.29. The quantitative estimate of drug-likeness (QED) is 0.772. The third kappa shape index (κ3) is 2.88. The number of thioether (sulfide) groups is 1. The summed E-state index contributed by atoms with van der Waals surface area (Å²) >= 11 is 1.43. The van der Waals surface area contributed by atoms with Crippen LogP contribution in [-0.2, 0) is 14.6 Å². The van der Waals surface area contributed by atoms with E-state index in [2.05, 4.69) is 4.99 Å². The molecular weight excluding hydrogens is 272 g/mol. The van der Waals surface area contributed by atoms with Crippen molar-refractivity contribution in [2.45, 2.75) is 37.5 Å². The molecule has 2 heterocycles. The highest BCUT2D eigenvalue weighted by atomic mass is 32.2. The largest absolute Gasteiger partial charge is 0.349 e. The molecule has 0 saturated carbocycles. The minimum Gasteiger partial charge on any atom is -0.349 e. The standard InChI is InChI=1S/C11H18N2O3S2/c1-3-4-5-10(14)12-11-13(2)8-6-18(15,16)7-9(8)17-11/h8-9H,3-7H2,1-2H3/t8-,9+/m1/s1. The topological polar surface area (TPSA) is 66.8 Å². The minimum atomic E-state index is -2.91. The van der Waals surface area contributed by atoms with E-state index < -0.39 is 9.84 Å². The molecule has 0 N–H and O–H groups in total. The van der Waals surface area contributed by atoms with Crippen LogP contribution in [0, 0.1) is 0 Å². The lowest BCUT2D eigenvalue weighted by Crippen LogP contribution is -2.34. The smallest absolute Gasteiger partial charge is 0.248 e. The van der Waals surface area contributed by atoms with Gasteiger partial charge in [0, 0.05) is 18.7 Å². The van der Waals surface area contributed by atoms with E-state index in [9.17, 15) is 13.2 Å². The molecule has 5 nitrogen and oxygen atoms in total. The van der Waals surface area contributed by atoms with E-state index in [-0.39, 0.29) is 28.7 Å². The molecule has 2 saturated heterocycles. The van der Waals surface area contributed by atoms with Crippen LogP contribution in [0.25, 0.3) is 0 Å². The van der Waals surface area contributed by atoms with Gasteiger partial charge in [-0.25, -0.2) is 8.42 Å². The Balaban J connectivity index is 2.03. The SMILES string of the molecule is CCCCC(=O)N=C1S[C@H]2CS(=O)(=O)C[C@H]2N1C. The molecule has 0 aromatic carbocycles. The Hall–Kier alpha value is -0.560. The van der Waals surface area contributed by atoms with Crippen LogP contribution in [-0.4, -0.2) is 54.2 Å². The Morgan fingerprint density at radius 3 is 2.83 bits per heavy atom. The second-order valence-corrected chi connectivity index (χ2v) is 8.16. The number of rotatable bonds is 3. The third-order valence-corrected chi connectivity index (χ3v) is 6.59. The predicted octanol–water partition coefficient (Wildman–Crippen LogP) is 0.903. The maximum absolute atomic E-state index is 11.6. The van der Waals surface area contributed by atoms with Crippen molar-refractivity contribution in [2.75, 3.05) is 18.6 Å². The molecule has 0 aliphatic carbocycles. The van der Waals surface area contributed by atoms with Gasteiger partial charge in [-0.3, -0.25) is 4.79 Å². The van der Waals surface area contributed by atoms with Gasteiger partial charge in [0.2, 0.25) is 5.91 Å². The van der Waals surface area contributed by atoms with Crippen molar-refractivity contribution in [2.24, 2.45) is 4.99 Å². The Bertz CT molecular complexity index is 473. The number of hydrogen-bond donors (Lipinski definition) is 0. The fourth-order valence-electron chi connectivity index (χ4n) is 2.23.